The number of nitrogens with one attached hydrogen (secondary N) is 1. The Morgan fingerprint density at radius 3 is 1.33 bits per heavy atom. The Hall–Kier alpha value is -3.15. The summed E-state index contributed by atoms with van der Waals surface area (Å²) in [6.45, 7) is 3.64. The van der Waals surface area contributed by atoms with E-state index >= 15 is 0 Å². The van der Waals surface area contributed by atoms with Crippen LogP contribution in [-0.4, -0.2) is 87.5 Å². The maximum Gasteiger partial charge on any atom is 0.220 e. The summed E-state index contributed by atoms with van der Waals surface area (Å²) in [6.07, 6.45) is 68.6. The van der Waals surface area contributed by atoms with Crippen molar-refractivity contribution in [1.82, 2.24) is 5.32 Å². The first-order valence-electron chi connectivity index (χ1n) is 29.1. The van der Waals surface area contributed by atoms with E-state index in [1.165, 1.54) is 103 Å². The van der Waals surface area contributed by atoms with Gasteiger partial charge >= 0.3 is 0 Å². The second-order valence-corrected chi connectivity index (χ2v) is 19.7. The van der Waals surface area contributed by atoms with Gasteiger partial charge in [0.15, 0.2) is 6.29 Å². The molecule has 1 rings (SSSR count). The van der Waals surface area contributed by atoms with Crippen molar-refractivity contribution in [3.05, 3.63) is 109 Å². The molecule has 1 saturated heterocycles. The second kappa shape index (κ2) is 51.3. The monoisotopic (exact) mass is 1010 g/mol. The number of hydrogen-bond donors (Lipinski definition) is 6. The number of aliphatic hydroxyl groups is 5. The molecule has 412 valence electrons. The molecule has 0 aliphatic carbocycles. The quantitative estimate of drug-likeness (QED) is 0.0261. The van der Waals surface area contributed by atoms with Gasteiger partial charge in [0.05, 0.1) is 25.4 Å². The molecular formula is C63H107NO8. The molecule has 1 aliphatic heterocycles. The van der Waals surface area contributed by atoms with Crippen LogP contribution in [0.4, 0.5) is 0 Å². The maximum atomic E-state index is 13.1. The Kier molecular flexibility index (Phi) is 47.7. The fourth-order valence-corrected chi connectivity index (χ4v) is 8.51. The number of amides is 1. The summed E-state index contributed by atoms with van der Waals surface area (Å²) in [4.78, 5) is 13.1. The minimum atomic E-state index is -1.58. The van der Waals surface area contributed by atoms with Crippen molar-refractivity contribution in [2.24, 2.45) is 0 Å². The first kappa shape index (κ1) is 66.9. The van der Waals surface area contributed by atoms with E-state index in [4.69, 9.17) is 9.47 Å². The zero-order chi connectivity index (χ0) is 52.2. The third-order valence-corrected chi connectivity index (χ3v) is 13.1. The van der Waals surface area contributed by atoms with Gasteiger partial charge in [0.2, 0.25) is 5.91 Å². The zero-order valence-corrected chi connectivity index (χ0v) is 45.6. The van der Waals surface area contributed by atoms with Crippen molar-refractivity contribution >= 4 is 5.91 Å². The van der Waals surface area contributed by atoms with E-state index in [9.17, 15) is 30.3 Å². The number of carbonyl (C=O) groups excluding carboxylic acids is 1. The van der Waals surface area contributed by atoms with Crippen LogP contribution in [0.1, 0.15) is 226 Å². The Balaban J connectivity index is 2.29. The Labute approximate surface area is 440 Å². The molecule has 1 amide bonds. The highest BCUT2D eigenvalue weighted by molar-refractivity contribution is 5.76. The number of unbranched alkanes of at least 4 members (excludes halogenated alkanes) is 22. The average Bonchev–Trinajstić information content (AvgIpc) is 3.38. The molecule has 1 aliphatic rings. The fourth-order valence-electron chi connectivity index (χ4n) is 8.51. The van der Waals surface area contributed by atoms with Gasteiger partial charge in [0, 0.05) is 6.42 Å². The van der Waals surface area contributed by atoms with Crippen molar-refractivity contribution < 1.29 is 39.8 Å². The Morgan fingerprint density at radius 1 is 0.486 bits per heavy atom. The van der Waals surface area contributed by atoms with E-state index in [1.54, 1.807) is 6.08 Å². The van der Waals surface area contributed by atoms with Gasteiger partial charge in [-0.15, -0.1) is 0 Å². The van der Waals surface area contributed by atoms with E-state index in [-0.39, 0.29) is 12.5 Å². The molecule has 0 bridgehead atoms. The van der Waals surface area contributed by atoms with Crippen LogP contribution < -0.4 is 5.32 Å². The van der Waals surface area contributed by atoms with Crippen LogP contribution in [0.2, 0.25) is 0 Å². The number of rotatable bonds is 48. The SMILES string of the molecule is CC/C=C\C/C=C\C/C=C\C/C=C\C/C=C\C/C=C\C/C=C\CCCCCCCC(=O)NC(COC1OC(CO)C(O)C(O)C1O)C(O)/C=C/CC/C=C/CCCCCCCCCCCCCCCCCC. The number of carbonyl (C=O) groups is 1. The van der Waals surface area contributed by atoms with E-state index in [0.717, 1.165) is 103 Å². The minimum absolute atomic E-state index is 0.209. The summed E-state index contributed by atoms with van der Waals surface area (Å²) in [7, 11) is 0. The summed E-state index contributed by atoms with van der Waals surface area (Å²) in [5.41, 5.74) is 0. The van der Waals surface area contributed by atoms with Gasteiger partial charge in [-0.05, 0) is 89.9 Å². The van der Waals surface area contributed by atoms with E-state index in [2.05, 4.69) is 116 Å². The van der Waals surface area contributed by atoms with Gasteiger partial charge < -0.3 is 40.3 Å². The lowest BCUT2D eigenvalue weighted by molar-refractivity contribution is -0.302. The Bertz CT molecular complexity index is 1490. The van der Waals surface area contributed by atoms with Gasteiger partial charge in [0.25, 0.3) is 0 Å². The molecule has 0 saturated carbocycles. The number of allylic oxidation sites excluding steroid dienone is 17. The lowest BCUT2D eigenvalue weighted by Crippen LogP contribution is -2.60. The molecule has 0 spiro atoms. The summed E-state index contributed by atoms with van der Waals surface area (Å²) >= 11 is 0. The van der Waals surface area contributed by atoms with Gasteiger partial charge in [-0.1, -0.05) is 239 Å². The third kappa shape index (κ3) is 40.3. The topological polar surface area (TPSA) is 149 Å². The van der Waals surface area contributed by atoms with Gasteiger partial charge in [-0.25, -0.2) is 0 Å². The molecular weight excluding hydrogens is 899 g/mol. The second-order valence-electron chi connectivity index (χ2n) is 19.7. The van der Waals surface area contributed by atoms with Gasteiger partial charge in [-0.2, -0.15) is 0 Å². The average molecular weight is 1010 g/mol. The lowest BCUT2D eigenvalue weighted by Gasteiger charge is -2.40. The summed E-state index contributed by atoms with van der Waals surface area (Å²) in [5, 5.41) is 54.5. The molecule has 9 heteroatoms. The molecule has 0 aromatic rings. The van der Waals surface area contributed by atoms with E-state index in [1.807, 2.05) is 6.08 Å². The first-order valence-corrected chi connectivity index (χ1v) is 29.1. The lowest BCUT2D eigenvalue weighted by atomic mass is 9.99. The van der Waals surface area contributed by atoms with Crippen LogP contribution in [0, 0.1) is 0 Å². The van der Waals surface area contributed by atoms with Gasteiger partial charge in [-0.3, -0.25) is 4.79 Å². The van der Waals surface area contributed by atoms with Crippen molar-refractivity contribution in [2.45, 2.75) is 269 Å². The van der Waals surface area contributed by atoms with Crippen LogP contribution in [0.25, 0.3) is 0 Å². The molecule has 1 heterocycles. The summed E-state index contributed by atoms with van der Waals surface area (Å²) in [5.74, 6) is -0.209. The molecule has 72 heavy (non-hydrogen) atoms. The van der Waals surface area contributed by atoms with Crippen LogP contribution in [0.15, 0.2) is 109 Å². The van der Waals surface area contributed by atoms with Crippen molar-refractivity contribution in [3.63, 3.8) is 0 Å². The van der Waals surface area contributed by atoms with Crippen molar-refractivity contribution in [1.29, 1.82) is 0 Å². The molecule has 7 unspecified atom stereocenters. The van der Waals surface area contributed by atoms with E-state index in [0.29, 0.717) is 6.42 Å². The minimum Gasteiger partial charge on any atom is -0.394 e. The number of ether oxygens (including phenoxy) is 2. The standard InChI is InChI=1S/C63H107NO8/c1-3-5-7-9-11-13-15-17-19-21-23-25-27-28-29-30-31-33-35-37-39-41-43-45-47-49-51-53-59(67)64-56(55-71-63-62(70)61(69)60(68)58(54-65)72-63)57(66)52-50-48-46-44-42-40-38-36-34-32-26-24-22-20-18-16-14-12-10-8-6-4-2/h5,7,11,13,17,19,23,25,28-29,31,33,37,39,42,44,50,52,56-58,60-63,65-66,68-70H,3-4,6,8-10,12,14-16,18,20-22,24,26-27,30,32,34-36,38,40-41,43,45-49,51,53-55H2,1-2H3,(H,64,67)/b7-5-,13-11-,19-17-,25-23-,29-28-,33-31-,39-37-,44-42+,52-50+. The highest BCUT2D eigenvalue weighted by atomic mass is 16.7. The predicted octanol–water partition coefficient (Wildman–Crippen LogP) is 14.6. The summed E-state index contributed by atoms with van der Waals surface area (Å²) in [6, 6.07) is -0.841. The van der Waals surface area contributed by atoms with Crippen LogP contribution >= 0.6 is 0 Å². The van der Waals surface area contributed by atoms with Gasteiger partial charge in [0.1, 0.15) is 24.4 Å². The highest BCUT2D eigenvalue weighted by Crippen LogP contribution is 2.23. The third-order valence-electron chi connectivity index (χ3n) is 13.1. The first-order chi connectivity index (χ1) is 35.3. The molecule has 0 aromatic carbocycles. The maximum absolute atomic E-state index is 13.1. The normalized spacial score (nSPS) is 20.0. The number of aliphatic hydroxyl groups excluding tert-OH is 5. The van der Waals surface area contributed by atoms with Crippen LogP contribution in [0.3, 0.4) is 0 Å². The molecule has 7 atom stereocenters. The molecule has 0 radical (unpaired) electrons. The molecule has 9 nitrogen and oxygen atoms in total. The smallest absolute Gasteiger partial charge is 0.220 e. The van der Waals surface area contributed by atoms with Crippen molar-refractivity contribution in [3.8, 4) is 0 Å². The molecule has 0 aromatic heterocycles. The Morgan fingerprint density at radius 2 is 0.875 bits per heavy atom. The highest BCUT2D eigenvalue weighted by Gasteiger charge is 2.44. The molecule has 6 N–H and O–H groups in total. The zero-order valence-electron chi connectivity index (χ0n) is 45.6. The predicted molar refractivity (Wildman–Crippen MR) is 304 cm³/mol. The van der Waals surface area contributed by atoms with Crippen LogP contribution in [0.5, 0.6) is 0 Å². The number of hydrogen-bond acceptors (Lipinski definition) is 8. The fraction of sp³-hybridized carbons (Fsp3) is 0.698. The largest absolute Gasteiger partial charge is 0.394 e. The molecule has 1 fully saturated rings. The van der Waals surface area contributed by atoms with E-state index < -0.39 is 49.5 Å². The van der Waals surface area contributed by atoms with Crippen molar-refractivity contribution in [2.75, 3.05) is 13.2 Å². The van der Waals surface area contributed by atoms with Crippen LogP contribution in [-0.2, 0) is 14.3 Å². The summed E-state index contributed by atoms with van der Waals surface area (Å²) < 4.78 is 11.3.